The van der Waals surface area contributed by atoms with Crippen molar-refractivity contribution in [3.05, 3.63) is 24.2 Å². The molecule has 1 N–H and O–H groups in total. The Morgan fingerprint density at radius 1 is 1.21 bits per heavy atom. The molecule has 1 saturated heterocycles. The van der Waals surface area contributed by atoms with Crippen LogP contribution in [0.5, 0.6) is 0 Å². The molecule has 5 nitrogen and oxygen atoms in total. The number of anilines is 1. The van der Waals surface area contributed by atoms with Crippen molar-refractivity contribution in [2.45, 2.75) is 25.2 Å². The van der Waals surface area contributed by atoms with Gasteiger partial charge in [-0.25, -0.2) is 9.50 Å². The number of nitrogens with zero attached hydrogens (tertiary/aromatic N) is 4. The van der Waals surface area contributed by atoms with Gasteiger partial charge in [0, 0.05) is 50.0 Å². The second-order valence-corrected chi connectivity index (χ2v) is 5.52. The molecule has 3 heterocycles. The molecule has 1 saturated carbocycles. The van der Waals surface area contributed by atoms with Crippen LogP contribution in [0.3, 0.4) is 0 Å². The van der Waals surface area contributed by atoms with Gasteiger partial charge >= 0.3 is 0 Å². The van der Waals surface area contributed by atoms with E-state index < -0.39 is 0 Å². The topological polar surface area (TPSA) is 45.5 Å². The first-order valence-electron chi connectivity index (χ1n) is 7.22. The third-order valence-corrected chi connectivity index (χ3v) is 4.29. The fraction of sp³-hybridized carbons (Fsp3) is 0.571. The molecule has 0 bridgehead atoms. The van der Waals surface area contributed by atoms with Gasteiger partial charge in [-0.05, 0) is 18.9 Å². The van der Waals surface area contributed by atoms with Crippen LogP contribution in [0.1, 0.15) is 31.0 Å². The molecule has 2 fully saturated rings. The number of piperazine rings is 1. The van der Waals surface area contributed by atoms with Crippen LogP contribution in [0.15, 0.2) is 18.3 Å². The molecule has 0 atom stereocenters. The van der Waals surface area contributed by atoms with Crippen LogP contribution in [0.25, 0.3) is 5.65 Å². The molecule has 1 aliphatic carbocycles. The van der Waals surface area contributed by atoms with Crippen molar-refractivity contribution < 1.29 is 0 Å². The van der Waals surface area contributed by atoms with E-state index in [9.17, 15) is 0 Å². The summed E-state index contributed by atoms with van der Waals surface area (Å²) in [7, 11) is 0. The van der Waals surface area contributed by atoms with Gasteiger partial charge in [-0.15, -0.1) is 0 Å². The minimum absolute atomic E-state index is 0.600. The molecule has 2 aromatic rings. The Labute approximate surface area is 112 Å². The zero-order valence-corrected chi connectivity index (χ0v) is 11.0. The predicted molar refractivity (Wildman–Crippen MR) is 74.7 cm³/mol. The Morgan fingerprint density at radius 2 is 2.05 bits per heavy atom. The third-order valence-electron chi connectivity index (χ3n) is 4.29. The van der Waals surface area contributed by atoms with Crippen molar-refractivity contribution in [3.63, 3.8) is 0 Å². The number of rotatable bonds is 2. The molecule has 4 rings (SSSR count). The van der Waals surface area contributed by atoms with Crippen molar-refractivity contribution >= 4 is 11.3 Å². The Bertz CT molecular complexity index is 581. The lowest BCUT2D eigenvalue weighted by Gasteiger charge is -2.29. The summed E-state index contributed by atoms with van der Waals surface area (Å²) in [6.07, 6.45) is 5.87. The monoisotopic (exact) mass is 257 g/mol. The maximum Gasteiger partial charge on any atom is 0.157 e. The number of hydrogen-bond acceptors (Lipinski definition) is 4. The molecule has 1 aliphatic heterocycles. The largest absolute Gasteiger partial charge is 0.369 e. The number of fused-ring (bicyclic) bond motifs is 1. The molecule has 0 aromatic carbocycles. The number of hydrogen-bond donors (Lipinski definition) is 1. The Kier molecular flexibility index (Phi) is 2.65. The summed E-state index contributed by atoms with van der Waals surface area (Å²) < 4.78 is 1.92. The van der Waals surface area contributed by atoms with Gasteiger partial charge < -0.3 is 10.2 Å². The van der Waals surface area contributed by atoms with Gasteiger partial charge in [-0.1, -0.05) is 6.42 Å². The SMILES string of the molecule is c1cn2nc(C3CCC3)nc2cc1N1CCNCC1. The molecule has 2 aromatic heterocycles. The lowest BCUT2D eigenvalue weighted by Crippen LogP contribution is -2.43. The normalized spacial score (nSPS) is 20.7. The number of nitrogens with one attached hydrogen (secondary N) is 1. The van der Waals surface area contributed by atoms with Gasteiger partial charge in [0.15, 0.2) is 11.5 Å². The van der Waals surface area contributed by atoms with Crippen LogP contribution in [-0.2, 0) is 0 Å². The van der Waals surface area contributed by atoms with E-state index in [2.05, 4.69) is 27.4 Å². The van der Waals surface area contributed by atoms with E-state index in [0.29, 0.717) is 5.92 Å². The molecular formula is C14H19N5. The van der Waals surface area contributed by atoms with E-state index in [1.807, 2.05) is 10.7 Å². The molecule has 0 radical (unpaired) electrons. The second-order valence-electron chi connectivity index (χ2n) is 5.52. The van der Waals surface area contributed by atoms with Crippen molar-refractivity contribution in [2.75, 3.05) is 31.1 Å². The molecule has 0 unspecified atom stereocenters. The van der Waals surface area contributed by atoms with E-state index >= 15 is 0 Å². The van der Waals surface area contributed by atoms with Crippen molar-refractivity contribution in [1.29, 1.82) is 0 Å². The fourth-order valence-corrected chi connectivity index (χ4v) is 2.85. The average Bonchev–Trinajstić information content (AvgIpc) is 2.79. The first-order valence-corrected chi connectivity index (χ1v) is 7.22. The Morgan fingerprint density at radius 3 is 2.79 bits per heavy atom. The molecule has 2 aliphatic rings. The van der Waals surface area contributed by atoms with E-state index in [1.54, 1.807) is 0 Å². The summed E-state index contributed by atoms with van der Waals surface area (Å²) in [4.78, 5) is 7.11. The highest BCUT2D eigenvalue weighted by molar-refractivity contribution is 5.56. The van der Waals surface area contributed by atoms with Gasteiger partial charge in [0.05, 0.1) is 0 Å². The Hall–Kier alpha value is -1.62. The molecule has 19 heavy (non-hydrogen) atoms. The van der Waals surface area contributed by atoms with E-state index in [0.717, 1.165) is 37.7 Å². The van der Waals surface area contributed by atoms with Gasteiger partial charge in [-0.2, -0.15) is 5.10 Å². The summed E-state index contributed by atoms with van der Waals surface area (Å²) in [5.74, 6) is 1.63. The summed E-state index contributed by atoms with van der Waals surface area (Å²) in [6, 6.07) is 4.32. The Balaban J connectivity index is 1.65. The van der Waals surface area contributed by atoms with Crippen LogP contribution < -0.4 is 10.2 Å². The molecule has 100 valence electrons. The molecule has 5 heteroatoms. The highest BCUT2D eigenvalue weighted by atomic mass is 15.3. The minimum Gasteiger partial charge on any atom is -0.369 e. The van der Waals surface area contributed by atoms with E-state index in [1.165, 1.54) is 24.9 Å². The zero-order chi connectivity index (χ0) is 12.7. The number of aromatic nitrogens is 3. The maximum absolute atomic E-state index is 4.70. The second kappa shape index (κ2) is 4.49. The average molecular weight is 257 g/mol. The van der Waals surface area contributed by atoms with Gasteiger partial charge in [-0.3, -0.25) is 0 Å². The lowest BCUT2D eigenvalue weighted by atomic mass is 9.85. The molecule has 0 amide bonds. The van der Waals surface area contributed by atoms with E-state index in [4.69, 9.17) is 4.98 Å². The molecular weight excluding hydrogens is 238 g/mol. The first kappa shape index (κ1) is 11.2. The van der Waals surface area contributed by atoms with Crippen molar-refractivity contribution in [1.82, 2.24) is 19.9 Å². The van der Waals surface area contributed by atoms with Crippen LogP contribution >= 0.6 is 0 Å². The van der Waals surface area contributed by atoms with Crippen LogP contribution in [-0.4, -0.2) is 40.8 Å². The standard InChI is InChI=1S/C14H19N5/c1-2-11(3-1)14-16-13-10-12(4-7-19(13)17-14)18-8-5-15-6-9-18/h4,7,10-11,15H,1-3,5-6,8-9H2. The fourth-order valence-electron chi connectivity index (χ4n) is 2.85. The quantitative estimate of drug-likeness (QED) is 0.883. The third kappa shape index (κ3) is 1.98. The lowest BCUT2D eigenvalue weighted by molar-refractivity contribution is 0.402. The van der Waals surface area contributed by atoms with Gasteiger partial charge in [0.2, 0.25) is 0 Å². The number of pyridine rings is 1. The smallest absolute Gasteiger partial charge is 0.157 e. The van der Waals surface area contributed by atoms with Crippen LogP contribution in [0, 0.1) is 0 Å². The van der Waals surface area contributed by atoms with Crippen LogP contribution in [0.2, 0.25) is 0 Å². The highest BCUT2D eigenvalue weighted by Gasteiger charge is 2.24. The predicted octanol–water partition coefficient (Wildman–Crippen LogP) is 1.41. The van der Waals surface area contributed by atoms with Crippen molar-refractivity contribution in [3.8, 4) is 0 Å². The highest BCUT2D eigenvalue weighted by Crippen LogP contribution is 2.34. The zero-order valence-electron chi connectivity index (χ0n) is 11.0. The maximum atomic E-state index is 4.70. The first-order chi connectivity index (χ1) is 9.40. The summed E-state index contributed by atoms with van der Waals surface area (Å²) in [5.41, 5.74) is 2.25. The summed E-state index contributed by atoms with van der Waals surface area (Å²) >= 11 is 0. The summed E-state index contributed by atoms with van der Waals surface area (Å²) in [5, 5.41) is 7.98. The van der Waals surface area contributed by atoms with Crippen LogP contribution in [0.4, 0.5) is 5.69 Å². The molecule has 0 spiro atoms. The summed E-state index contributed by atoms with van der Waals surface area (Å²) in [6.45, 7) is 4.26. The van der Waals surface area contributed by atoms with Gasteiger partial charge in [0.1, 0.15) is 0 Å². The van der Waals surface area contributed by atoms with Gasteiger partial charge in [0.25, 0.3) is 0 Å². The minimum atomic E-state index is 0.600. The van der Waals surface area contributed by atoms with Crippen molar-refractivity contribution in [2.24, 2.45) is 0 Å². The van der Waals surface area contributed by atoms with E-state index in [-0.39, 0.29) is 0 Å².